The molecule has 0 radical (unpaired) electrons. The summed E-state index contributed by atoms with van der Waals surface area (Å²) in [5.74, 6) is -0.403. The summed E-state index contributed by atoms with van der Waals surface area (Å²) in [6, 6.07) is 13.4. The van der Waals surface area contributed by atoms with Gasteiger partial charge in [0.2, 0.25) is 15.9 Å². The molecule has 2 amide bonds. The Labute approximate surface area is 183 Å². The van der Waals surface area contributed by atoms with Crippen molar-refractivity contribution in [3.8, 4) is 0 Å². The third kappa shape index (κ3) is 6.05. The van der Waals surface area contributed by atoms with E-state index in [1.807, 2.05) is 0 Å². The fraction of sp³-hybridized carbons (Fsp3) is 0.364. The lowest BCUT2D eigenvalue weighted by Gasteiger charge is -2.19. The van der Waals surface area contributed by atoms with Crippen molar-refractivity contribution in [1.82, 2.24) is 9.62 Å². The maximum Gasteiger partial charge on any atom is 0.251 e. The molecule has 3 N–H and O–H groups in total. The summed E-state index contributed by atoms with van der Waals surface area (Å²) in [5.41, 5.74) is 1.69. The van der Waals surface area contributed by atoms with Crippen LogP contribution in [0.1, 0.15) is 37.0 Å². The highest BCUT2D eigenvalue weighted by Gasteiger charge is 2.24. The predicted molar refractivity (Wildman–Crippen MR) is 121 cm³/mol. The minimum Gasteiger partial charge on any atom is -0.376 e. The first-order valence-corrected chi connectivity index (χ1v) is 11.8. The Hall–Kier alpha value is -2.91. The van der Waals surface area contributed by atoms with Gasteiger partial charge >= 0.3 is 0 Å². The summed E-state index contributed by atoms with van der Waals surface area (Å²) >= 11 is 0. The van der Waals surface area contributed by atoms with Crippen LogP contribution in [0.3, 0.4) is 0 Å². The molecule has 0 spiro atoms. The van der Waals surface area contributed by atoms with Crippen molar-refractivity contribution in [2.45, 2.75) is 37.6 Å². The van der Waals surface area contributed by atoms with Crippen LogP contribution < -0.4 is 16.0 Å². The van der Waals surface area contributed by atoms with E-state index in [1.54, 1.807) is 50.2 Å². The van der Waals surface area contributed by atoms with Crippen molar-refractivity contribution in [2.24, 2.45) is 0 Å². The van der Waals surface area contributed by atoms with Gasteiger partial charge in [0.25, 0.3) is 5.91 Å². The quantitative estimate of drug-likeness (QED) is 0.522. The van der Waals surface area contributed by atoms with Gasteiger partial charge in [-0.05, 0) is 55.3 Å². The van der Waals surface area contributed by atoms with E-state index >= 15 is 0 Å². The zero-order valence-corrected chi connectivity index (χ0v) is 18.5. The normalized spacial score (nSPS) is 13.6. The highest BCUT2D eigenvalue weighted by molar-refractivity contribution is 7.89. The molecule has 0 atom stereocenters. The molecule has 31 heavy (non-hydrogen) atoms. The Morgan fingerprint density at radius 2 is 1.68 bits per heavy atom. The Kier molecular flexibility index (Phi) is 7.29. The second-order valence-electron chi connectivity index (χ2n) is 7.34. The molecule has 3 rings (SSSR count). The number of sulfonamides is 1. The minimum absolute atomic E-state index is 0.000635. The molecule has 166 valence electrons. The van der Waals surface area contributed by atoms with Gasteiger partial charge in [0, 0.05) is 36.1 Å². The molecule has 0 aliphatic heterocycles. The Balaban J connectivity index is 1.55. The number of nitrogens with one attached hydrogen (secondary N) is 3. The number of carbonyl (C=O) groups excluding carboxylic acids is 2. The van der Waals surface area contributed by atoms with Gasteiger partial charge in [0.15, 0.2) is 0 Å². The van der Waals surface area contributed by atoms with Gasteiger partial charge in [-0.2, -0.15) is 4.31 Å². The Bertz CT molecular complexity index is 1030. The van der Waals surface area contributed by atoms with Crippen LogP contribution in [0.4, 0.5) is 11.4 Å². The van der Waals surface area contributed by atoms with Crippen molar-refractivity contribution < 1.29 is 18.0 Å². The highest BCUT2D eigenvalue weighted by atomic mass is 32.2. The second-order valence-corrected chi connectivity index (χ2v) is 9.28. The van der Waals surface area contributed by atoms with Crippen LogP contribution in [-0.4, -0.2) is 50.2 Å². The summed E-state index contributed by atoms with van der Waals surface area (Å²) in [6.45, 7) is 4.32. The third-order valence-corrected chi connectivity index (χ3v) is 7.02. The number of benzene rings is 2. The van der Waals surface area contributed by atoms with Crippen LogP contribution in [0.15, 0.2) is 53.4 Å². The van der Waals surface area contributed by atoms with Crippen LogP contribution in [0.5, 0.6) is 0 Å². The van der Waals surface area contributed by atoms with Crippen LogP contribution in [0.25, 0.3) is 0 Å². The summed E-state index contributed by atoms with van der Waals surface area (Å²) < 4.78 is 26.7. The number of anilines is 2. The molecule has 0 unspecified atom stereocenters. The largest absolute Gasteiger partial charge is 0.376 e. The van der Waals surface area contributed by atoms with E-state index in [0.717, 1.165) is 12.8 Å². The molecule has 2 aromatic carbocycles. The molecular weight excluding hydrogens is 416 g/mol. The van der Waals surface area contributed by atoms with Gasteiger partial charge in [0.05, 0.1) is 11.4 Å². The number of hydrogen-bond acceptors (Lipinski definition) is 5. The number of amides is 2. The Morgan fingerprint density at radius 3 is 2.29 bits per heavy atom. The summed E-state index contributed by atoms with van der Waals surface area (Å²) in [4.78, 5) is 24.5. The number of rotatable bonds is 10. The summed E-state index contributed by atoms with van der Waals surface area (Å²) in [6.07, 6.45) is 2.07. The maximum atomic E-state index is 12.7. The lowest BCUT2D eigenvalue weighted by atomic mass is 10.2. The van der Waals surface area contributed by atoms with E-state index < -0.39 is 10.0 Å². The molecule has 0 aromatic heterocycles. The van der Waals surface area contributed by atoms with Gasteiger partial charge in [-0.25, -0.2) is 8.42 Å². The standard InChI is InChI=1S/C22H28N4O4S/c1-3-26(4-2)31(29,30)20-7-5-6-19(14-20)24-21(27)15-23-17-10-8-16(9-11-17)22(28)25-18-12-13-18/h5-11,14,18,23H,3-4,12-13,15H2,1-2H3,(H,24,27)(H,25,28). The van der Waals surface area contributed by atoms with Gasteiger partial charge in [0.1, 0.15) is 0 Å². The number of carbonyl (C=O) groups is 2. The van der Waals surface area contributed by atoms with E-state index in [4.69, 9.17) is 0 Å². The molecule has 2 aromatic rings. The zero-order valence-electron chi connectivity index (χ0n) is 17.7. The second kappa shape index (κ2) is 9.93. The SMILES string of the molecule is CCN(CC)S(=O)(=O)c1cccc(NC(=O)CNc2ccc(C(=O)NC3CC3)cc2)c1. The maximum absolute atomic E-state index is 12.7. The van der Waals surface area contributed by atoms with Crippen molar-refractivity contribution in [1.29, 1.82) is 0 Å². The first-order chi connectivity index (χ1) is 14.8. The molecular formula is C22H28N4O4S. The van der Waals surface area contributed by atoms with Gasteiger partial charge in [-0.3, -0.25) is 9.59 Å². The van der Waals surface area contributed by atoms with Crippen molar-refractivity contribution >= 4 is 33.2 Å². The van der Waals surface area contributed by atoms with Crippen molar-refractivity contribution in [3.05, 3.63) is 54.1 Å². The number of hydrogen-bond donors (Lipinski definition) is 3. The predicted octanol–water partition coefficient (Wildman–Crippen LogP) is 2.66. The zero-order chi connectivity index (χ0) is 22.4. The van der Waals surface area contributed by atoms with Crippen LogP contribution in [0.2, 0.25) is 0 Å². The van der Waals surface area contributed by atoms with E-state index in [-0.39, 0.29) is 23.3 Å². The average Bonchev–Trinajstić information content (AvgIpc) is 3.57. The molecule has 1 aliphatic carbocycles. The fourth-order valence-electron chi connectivity index (χ4n) is 3.07. The van der Waals surface area contributed by atoms with Crippen molar-refractivity contribution in [2.75, 3.05) is 30.3 Å². The first-order valence-electron chi connectivity index (χ1n) is 10.4. The third-order valence-electron chi connectivity index (χ3n) is 4.97. The molecule has 1 aliphatic rings. The van der Waals surface area contributed by atoms with Crippen LogP contribution >= 0.6 is 0 Å². The average molecular weight is 445 g/mol. The molecule has 8 nitrogen and oxygen atoms in total. The van der Waals surface area contributed by atoms with Crippen LogP contribution in [0, 0.1) is 0 Å². The minimum atomic E-state index is -3.60. The van der Waals surface area contributed by atoms with Crippen LogP contribution in [-0.2, 0) is 14.8 Å². The molecule has 0 bridgehead atoms. The highest BCUT2D eigenvalue weighted by Crippen LogP contribution is 2.20. The lowest BCUT2D eigenvalue weighted by Crippen LogP contribution is -2.30. The molecule has 0 heterocycles. The molecule has 9 heteroatoms. The molecule has 1 fully saturated rings. The lowest BCUT2D eigenvalue weighted by molar-refractivity contribution is -0.114. The van der Waals surface area contributed by atoms with Gasteiger partial charge in [-0.1, -0.05) is 19.9 Å². The molecule has 1 saturated carbocycles. The van der Waals surface area contributed by atoms with E-state index in [9.17, 15) is 18.0 Å². The van der Waals surface area contributed by atoms with E-state index in [0.29, 0.717) is 36.1 Å². The van der Waals surface area contributed by atoms with E-state index in [2.05, 4.69) is 16.0 Å². The van der Waals surface area contributed by atoms with E-state index in [1.165, 1.54) is 16.4 Å². The fourth-order valence-corrected chi connectivity index (χ4v) is 4.57. The van der Waals surface area contributed by atoms with Crippen molar-refractivity contribution in [3.63, 3.8) is 0 Å². The first kappa shape index (κ1) is 22.8. The number of nitrogens with zero attached hydrogens (tertiary/aromatic N) is 1. The summed E-state index contributed by atoms with van der Waals surface area (Å²) in [5, 5.41) is 8.63. The Morgan fingerprint density at radius 1 is 1.00 bits per heavy atom. The smallest absolute Gasteiger partial charge is 0.251 e. The van der Waals surface area contributed by atoms with Gasteiger partial charge in [-0.15, -0.1) is 0 Å². The monoisotopic (exact) mass is 444 g/mol. The summed E-state index contributed by atoms with van der Waals surface area (Å²) in [7, 11) is -3.60. The molecule has 0 saturated heterocycles. The van der Waals surface area contributed by atoms with Gasteiger partial charge < -0.3 is 16.0 Å². The topological polar surface area (TPSA) is 108 Å².